The van der Waals surface area contributed by atoms with Crippen LogP contribution in [0.1, 0.15) is 43.2 Å². The molecule has 1 heterocycles. The topological polar surface area (TPSA) is 59.2 Å². The van der Waals surface area contributed by atoms with E-state index >= 15 is 0 Å². The van der Waals surface area contributed by atoms with Crippen LogP contribution in [0.5, 0.6) is 0 Å². The highest BCUT2D eigenvalue weighted by Gasteiger charge is 2.23. The fourth-order valence-electron chi connectivity index (χ4n) is 1.83. The lowest BCUT2D eigenvalue weighted by Gasteiger charge is -2.28. The van der Waals surface area contributed by atoms with Gasteiger partial charge < -0.3 is 10.6 Å². The van der Waals surface area contributed by atoms with E-state index in [1.807, 2.05) is 5.38 Å². The number of thiazole rings is 1. The number of amides is 1. The Morgan fingerprint density at radius 2 is 2.16 bits per heavy atom. The molecule has 0 radical (unpaired) electrons. The Balaban J connectivity index is 2.69. The highest BCUT2D eigenvalue weighted by atomic mass is 32.1. The fourth-order valence-corrected chi connectivity index (χ4v) is 2.81. The largest absolute Gasteiger partial charge is 0.340 e. The first kappa shape index (κ1) is 16.1. The second-order valence-electron chi connectivity index (χ2n) is 6.25. The molecule has 0 aromatic carbocycles. The van der Waals surface area contributed by atoms with E-state index in [2.05, 4.69) is 32.7 Å². The van der Waals surface area contributed by atoms with Crippen LogP contribution in [-0.2, 0) is 6.42 Å². The molecule has 0 aliphatic carbocycles. The number of nitrogens with zero attached hydrogens (tertiary/aromatic N) is 2. The zero-order chi connectivity index (χ0) is 14.6. The van der Waals surface area contributed by atoms with Crippen molar-refractivity contribution in [2.24, 2.45) is 17.1 Å². The Morgan fingerprint density at radius 3 is 2.68 bits per heavy atom. The van der Waals surface area contributed by atoms with Gasteiger partial charge in [0.25, 0.3) is 5.91 Å². The Bertz CT molecular complexity index is 426. The monoisotopic (exact) mass is 283 g/mol. The summed E-state index contributed by atoms with van der Waals surface area (Å²) in [5.41, 5.74) is 6.18. The summed E-state index contributed by atoms with van der Waals surface area (Å²) < 4.78 is 0. The van der Waals surface area contributed by atoms with E-state index in [0.717, 1.165) is 11.4 Å². The van der Waals surface area contributed by atoms with E-state index in [1.165, 1.54) is 0 Å². The van der Waals surface area contributed by atoms with Crippen molar-refractivity contribution in [3.8, 4) is 0 Å². The Labute approximate surface area is 120 Å². The van der Waals surface area contributed by atoms with Gasteiger partial charge in [-0.3, -0.25) is 4.79 Å². The van der Waals surface area contributed by atoms with Crippen LogP contribution in [0.3, 0.4) is 0 Å². The van der Waals surface area contributed by atoms with Gasteiger partial charge in [-0.2, -0.15) is 0 Å². The number of rotatable bonds is 6. The Kier molecular flexibility index (Phi) is 5.50. The molecule has 5 heteroatoms. The first-order valence-electron chi connectivity index (χ1n) is 6.65. The molecule has 0 spiro atoms. The number of nitrogens with two attached hydrogens (primary N) is 1. The third-order valence-electron chi connectivity index (χ3n) is 2.92. The van der Waals surface area contributed by atoms with Crippen molar-refractivity contribution in [2.75, 3.05) is 20.1 Å². The van der Waals surface area contributed by atoms with E-state index in [4.69, 9.17) is 5.73 Å². The zero-order valence-electron chi connectivity index (χ0n) is 12.6. The van der Waals surface area contributed by atoms with E-state index in [0.29, 0.717) is 24.7 Å². The second kappa shape index (κ2) is 6.48. The molecule has 4 nitrogen and oxygen atoms in total. The number of hydrogen-bond acceptors (Lipinski definition) is 4. The first-order valence-corrected chi connectivity index (χ1v) is 7.53. The molecule has 1 aromatic rings. The van der Waals surface area contributed by atoms with Crippen LogP contribution in [0.4, 0.5) is 0 Å². The summed E-state index contributed by atoms with van der Waals surface area (Å²) in [5, 5.41) is 2.89. The lowest BCUT2D eigenvalue weighted by atomic mass is 9.93. The lowest BCUT2D eigenvalue weighted by Crippen LogP contribution is -2.39. The van der Waals surface area contributed by atoms with Crippen molar-refractivity contribution in [2.45, 2.75) is 34.1 Å². The van der Waals surface area contributed by atoms with E-state index in [9.17, 15) is 4.79 Å². The van der Waals surface area contributed by atoms with Crippen molar-refractivity contribution in [3.63, 3.8) is 0 Å². The predicted molar refractivity (Wildman–Crippen MR) is 80.5 cm³/mol. The van der Waals surface area contributed by atoms with Gasteiger partial charge in [0, 0.05) is 25.4 Å². The van der Waals surface area contributed by atoms with Gasteiger partial charge in [0.1, 0.15) is 5.69 Å². The van der Waals surface area contributed by atoms with Gasteiger partial charge in [0.05, 0.1) is 5.01 Å². The van der Waals surface area contributed by atoms with Crippen LogP contribution >= 0.6 is 11.3 Å². The Hall–Kier alpha value is -0.940. The maximum Gasteiger partial charge on any atom is 0.273 e. The molecule has 0 atom stereocenters. The quantitative estimate of drug-likeness (QED) is 0.872. The average molecular weight is 283 g/mol. The van der Waals surface area contributed by atoms with Gasteiger partial charge >= 0.3 is 0 Å². The highest BCUT2D eigenvalue weighted by molar-refractivity contribution is 7.09. The van der Waals surface area contributed by atoms with Crippen molar-refractivity contribution >= 4 is 17.2 Å². The lowest BCUT2D eigenvalue weighted by molar-refractivity contribution is 0.0735. The number of hydrogen-bond donors (Lipinski definition) is 1. The molecule has 1 aromatic heterocycles. The Morgan fingerprint density at radius 1 is 1.53 bits per heavy atom. The van der Waals surface area contributed by atoms with Crippen LogP contribution in [0, 0.1) is 11.3 Å². The van der Waals surface area contributed by atoms with E-state index in [1.54, 1.807) is 23.3 Å². The summed E-state index contributed by atoms with van der Waals surface area (Å²) in [7, 11) is 1.81. The van der Waals surface area contributed by atoms with Crippen LogP contribution < -0.4 is 5.73 Å². The normalized spacial score (nSPS) is 11.9. The van der Waals surface area contributed by atoms with Gasteiger partial charge in [-0.05, 0) is 17.9 Å². The van der Waals surface area contributed by atoms with Gasteiger partial charge in [0.2, 0.25) is 0 Å². The minimum atomic E-state index is -0.0683. The molecule has 0 saturated carbocycles. The number of aromatic nitrogens is 1. The fraction of sp³-hybridized carbons (Fsp3) is 0.714. The molecule has 108 valence electrons. The van der Waals surface area contributed by atoms with Gasteiger partial charge in [-0.1, -0.05) is 27.7 Å². The summed E-state index contributed by atoms with van der Waals surface area (Å²) in [6.45, 7) is 9.61. The molecular formula is C14H25N3OS. The number of carbonyl (C=O) groups is 1. The molecule has 0 aliphatic heterocycles. The van der Waals surface area contributed by atoms with E-state index in [-0.39, 0.29) is 11.3 Å². The smallest absolute Gasteiger partial charge is 0.273 e. The van der Waals surface area contributed by atoms with Crippen molar-refractivity contribution < 1.29 is 4.79 Å². The van der Waals surface area contributed by atoms with Crippen molar-refractivity contribution in [1.82, 2.24) is 9.88 Å². The van der Waals surface area contributed by atoms with Crippen LogP contribution in [0.2, 0.25) is 0 Å². The van der Waals surface area contributed by atoms with Crippen LogP contribution in [0.25, 0.3) is 0 Å². The number of carbonyl (C=O) groups excluding carboxylic acids is 1. The summed E-state index contributed by atoms with van der Waals surface area (Å²) in [5.74, 6) is 0.538. The zero-order valence-corrected chi connectivity index (χ0v) is 13.4. The SMILES string of the molecule is CC(C)Cc1nc(C(=O)N(C)CC(C)(C)CN)cs1. The summed E-state index contributed by atoms with van der Waals surface area (Å²) in [6, 6.07) is 0. The molecule has 2 N–H and O–H groups in total. The van der Waals surface area contributed by atoms with E-state index < -0.39 is 0 Å². The average Bonchev–Trinajstić information content (AvgIpc) is 2.75. The van der Waals surface area contributed by atoms with Crippen LogP contribution in [-0.4, -0.2) is 35.9 Å². The van der Waals surface area contributed by atoms with Crippen molar-refractivity contribution in [3.05, 3.63) is 16.1 Å². The molecule has 0 aliphatic rings. The third-order valence-corrected chi connectivity index (χ3v) is 3.79. The summed E-state index contributed by atoms with van der Waals surface area (Å²) in [6.07, 6.45) is 0.927. The molecule has 0 unspecified atom stereocenters. The molecule has 1 amide bonds. The van der Waals surface area contributed by atoms with Crippen LogP contribution in [0.15, 0.2) is 5.38 Å². The van der Waals surface area contributed by atoms with Crippen molar-refractivity contribution in [1.29, 1.82) is 0 Å². The van der Waals surface area contributed by atoms with Gasteiger partial charge in [-0.15, -0.1) is 11.3 Å². The predicted octanol–water partition coefficient (Wildman–Crippen LogP) is 2.40. The standard InChI is InChI=1S/C14H25N3OS/c1-10(2)6-12-16-11(7-19-12)13(18)17(5)9-14(3,4)8-15/h7,10H,6,8-9,15H2,1-5H3. The molecule has 19 heavy (non-hydrogen) atoms. The molecule has 0 saturated heterocycles. The molecule has 1 rings (SSSR count). The maximum atomic E-state index is 12.3. The minimum Gasteiger partial charge on any atom is -0.340 e. The minimum absolute atomic E-state index is 0.0206. The second-order valence-corrected chi connectivity index (χ2v) is 7.20. The highest BCUT2D eigenvalue weighted by Crippen LogP contribution is 2.18. The molecule has 0 fully saturated rings. The van der Waals surface area contributed by atoms with Gasteiger partial charge in [-0.25, -0.2) is 4.98 Å². The summed E-state index contributed by atoms with van der Waals surface area (Å²) >= 11 is 1.56. The first-order chi connectivity index (χ1) is 8.75. The molecule has 0 bridgehead atoms. The van der Waals surface area contributed by atoms with Gasteiger partial charge in [0.15, 0.2) is 0 Å². The molecular weight excluding hydrogens is 258 g/mol. The summed E-state index contributed by atoms with van der Waals surface area (Å²) in [4.78, 5) is 18.4. The maximum absolute atomic E-state index is 12.3. The third kappa shape index (κ3) is 4.91.